The summed E-state index contributed by atoms with van der Waals surface area (Å²) in [6, 6.07) is -3.50. The lowest BCUT2D eigenvalue weighted by Gasteiger charge is -2.32. The molecular weight excluding hydrogens is 905 g/mol. The normalized spacial score (nSPS) is 16.8. The Balaban J connectivity index is 2.09. The molecule has 20 nitrogen and oxygen atoms in total. The number of Topliss-reactive ketones (excluding diaryl/α,β-unsaturated/α-hetero) is 1. The Labute approximate surface area is 413 Å². The van der Waals surface area contributed by atoms with Gasteiger partial charge in [-0.05, 0) is 77.0 Å². The van der Waals surface area contributed by atoms with Crippen LogP contribution in [0.3, 0.4) is 0 Å². The molecule has 1 aromatic rings. The molecule has 0 aromatic heterocycles. The summed E-state index contributed by atoms with van der Waals surface area (Å²) in [6.45, 7) is 11.2. The maximum absolute atomic E-state index is 14.0. The highest BCUT2D eigenvalue weighted by molar-refractivity contribution is 6.38. The molecule has 0 bridgehead atoms. The summed E-state index contributed by atoms with van der Waals surface area (Å²) in [7, 11) is 1.25. The third-order valence-corrected chi connectivity index (χ3v) is 12.3. The Morgan fingerprint density at radius 2 is 1.17 bits per heavy atom. The predicted molar refractivity (Wildman–Crippen MR) is 262 cm³/mol. The molecule has 1 saturated heterocycles. The van der Waals surface area contributed by atoms with Crippen molar-refractivity contribution in [3.63, 3.8) is 0 Å². The Kier molecular flexibility index (Phi) is 27.3. The Hall–Kier alpha value is -5.63. The number of nitrogens with one attached hydrogen (secondary N) is 7. The van der Waals surface area contributed by atoms with Crippen molar-refractivity contribution in [2.24, 2.45) is 5.92 Å². The Bertz CT molecular complexity index is 1880. The van der Waals surface area contributed by atoms with E-state index in [4.69, 9.17) is 0 Å². The molecule has 1 fully saturated rings. The van der Waals surface area contributed by atoms with Gasteiger partial charge in [0.05, 0.1) is 18.2 Å². The van der Waals surface area contributed by atoms with Crippen LogP contribution in [0.15, 0.2) is 24.3 Å². The summed E-state index contributed by atoms with van der Waals surface area (Å²) in [5.41, 5.74) is 0.503. The number of nitrogens with zero attached hydrogens (tertiary/aromatic N) is 1. The Morgan fingerprint density at radius 3 is 1.71 bits per heavy atom. The third kappa shape index (κ3) is 21.2. The second-order valence-electron chi connectivity index (χ2n) is 19.0. The summed E-state index contributed by atoms with van der Waals surface area (Å²) in [5.74, 6) is -7.17. The molecule has 70 heavy (non-hydrogen) atoms. The lowest BCUT2D eigenvalue weighted by Crippen LogP contribution is -2.62. The van der Waals surface area contributed by atoms with E-state index in [-0.39, 0.29) is 49.8 Å². The summed E-state index contributed by atoms with van der Waals surface area (Å²) in [6.07, 6.45) is 10.4. The van der Waals surface area contributed by atoms with Crippen LogP contribution in [0, 0.1) is 5.92 Å². The van der Waals surface area contributed by atoms with Crippen molar-refractivity contribution in [1.82, 2.24) is 42.1 Å². The van der Waals surface area contributed by atoms with Crippen molar-refractivity contribution in [1.29, 1.82) is 0 Å². The molecule has 394 valence electrons. The van der Waals surface area contributed by atoms with E-state index in [0.29, 0.717) is 18.4 Å². The lowest BCUT2D eigenvalue weighted by molar-refractivity contribution is -0.145. The number of phenols is 1. The van der Waals surface area contributed by atoms with Crippen LogP contribution in [0.4, 0.5) is 0 Å². The minimum Gasteiger partial charge on any atom is -0.508 e. The minimum absolute atomic E-state index is 0.00829. The number of ketones is 1. The maximum atomic E-state index is 14.0. The first-order valence-corrected chi connectivity index (χ1v) is 25.1. The molecule has 1 aromatic carbocycles. The minimum atomic E-state index is -1.63. The Morgan fingerprint density at radius 1 is 0.629 bits per heavy atom. The number of likely N-dealkylation sites (tertiary alicyclic amines) is 1. The average Bonchev–Trinajstić information content (AvgIpc) is 3.81. The molecule has 20 heteroatoms. The molecule has 1 aliphatic rings. The van der Waals surface area contributed by atoms with E-state index in [1.54, 1.807) is 0 Å². The van der Waals surface area contributed by atoms with Gasteiger partial charge in [-0.3, -0.25) is 43.2 Å². The van der Waals surface area contributed by atoms with Crippen LogP contribution in [0.25, 0.3) is 0 Å². The SMILES string of the molecule is CCCCCCCCCCCCCC(=O)N[C@@H](CC(C)C)C(=O)NC(C(=O)N1CCC[C@@H]1C(=O)NC(C(=O)N[C@@H](C)C(=O)N[C@@H](Cc1ccc(O)cc1)C(=O)NC(C)C(=O)C(=O)NC)C(C)O)C(C)O. The zero-order valence-corrected chi connectivity index (χ0v) is 42.6. The van der Waals surface area contributed by atoms with Gasteiger partial charge in [0.15, 0.2) is 0 Å². The van der Waals surface area contributed by atoms with E-state index in [0.717, 1.165) is 19.3 Å². The molecule has 8 amide bonds. The molecule has 9 atom stereocenters. The number of rotatable bonds is 32. The zero-order chi connectivity index (χ0) is 52.5. The first-order chi connectivity index (χ1) is 33.1. The second kappa shape index (κ2) is 31.6. The van der Waals surface area contributed by atoms with Crippen LogP contribution in [-0.4, -0.2) is 141 Å². The highest BCUT2D eigenvalue weighted by Crippen LogP contribution is 2.21. The standard InChI is InChI=1S/C50H82N8O12/c1-9-10-11-12-13-14-15-16-17-18-19-22-40(62)54-37(28-30(2)3)46(66)57-42(34(7)60)50(70)58-27-20-21-39(58)47(67)56-41(33(6)59)48(68)53-32(5)44(64)55-38(29-35-23-25-36(61)26-24-35)45(65)52-31(4)43(63)49(69)51-8/h23-26,30-34,37-39,41-42,59-61H,9-22,27-29H2,1-8H3,(H,51,69)(H,52,65)(H,53,68)(H,54,62)(H,55,64)(H,56,67)(H,57,66)/t31?,32-,33?,34?,37-,38-,39+,41?,42?/m0/s1. The van der Waals surface area contributed by atoms with Crippen LogP contribution in [0.2, 0.25) is 0 Å². The van der Waals surface area contributed by atoms with Crippen LogP contribution < -0.4 is 37.2 Å². The van der Waals surface area contributed by atoms with E-state index in [2.05, 4.69) is 44.1 Å². The molecule has 2 rings (SSSR count). The zero-order valence-electron chi connectivity index (χ0n) is 42.6. The topological polar surface area (TPSA) is 302 Å². The van der Waals surface area contributed by atoms with Crippen LogP contribution in [0.5, 0.6) is 5.75 Å². The smallest absolute Gasteiger partial charge is 0.289 e. The maximum Gasteiger partial charge on any atom is 0.289 e. The highest BCUT2D eigenvalue weighted by Gasteiger charge is 2.42. The summed E-state index contributed by atoms with van der Waals surface area (Å²) >= 11 is 0. The van der Waals surface area contributed by atoms with Gasteiger partial charge in [0.1, 0.15) is 42.0 Å². The third-order valence-electron chi connectivity index (χ3n) is 12.3. The van der Waals surface area contributed by atoms with E-state index in [1.165, 1.54) is 109 Å². The van der Waals surface area contributed by atoms with Gasteiger partial charge in [-0.15, -0.1) is 0 Å². The molecule has 0 aliphatic carbocycles. The van der Waals surface area contributed by atoms with Gasteiger partial charge in [0, 0.05) is 26.4 Å². The van der Waals surface area contributed by atoms with Crippen molar-refractivity contribution < 1.29 is 58.5 Å². The number of amides is 8. The summed E-state index contributed by atoms with van der Waals surface area (Å²) in [4.78, 5) is 120. The van der Waals surface area contributed by atoms with Gasteiger partial charge < -0.3 is 57.4 Å². The number of aliphatic hydroxyl groups excluding tert-OH is 2. The molecule has 5 unspecified atom stereocenters. The number of aliphatic hydroxyl groups is 2. The average molecular weight is 987 g/mol. The van der Waals surface area contributed by atoms with Gasteiger partial charge >= 0.3 is 0 Å². The number of carbonyl (C=O) groups excluding carboxylic acids is 9. The van der Waals surface area contributed by atoms with E-state index in [1.807, 2.05) is 13.8 Å². The molecule has 0 spiro atoms. The second-order valence-corrected chi connectivity index (χ2v) is 19.0. The first-order valence-electron chi connectivity index (χ1n) is 25.1. The fourth-order valence-electron chi connectivity index (χ4n) is 8.14. The number of aromatic hydroxyl groups is 1. The molecular formula is C50H82N8O12. The van der Waals surface area contributed by atoms with Crippen molar-refractivity contribution in [2.75, 3.05) is 13.6 Å². The number of carbonyl (C=O) groups is 9. The number of likely N-dealkylation sites (N-methyl/N-ethyl adjacent to an activating group) is 1. The molecule has 1 aliphatic heterocycles. The van der Waals surface area contributed by atoms with Crippen molar-refractivity contribution in [3.05, 3.63) is 29.8 Å². The largest absolute Gasteiger partial charge is 0.508 e. The van der Waals surface area contributed by atoms with Gasteiger partial charge in [-0.1, -0.05) is 97.1 Å². The number of phenolic OH excluding ortho intramolecular Hbond substituents is 1. The van der Waals surface area contributed by atoms with Gasteiger partial charge in [0.25, 0.3) is 5.91 Å². The van der Waals surface area contributed by atoms with Crippen LogP contribution >= 0.6 is 0 Å². The molecule has 0 radical (unpaired) electrons. The monoisotopic (exact) mass is 987 g/mol. The number of hydrogen-bond acceptors (Lipinski definition) is 12. The number of unbranched alkanes of at least 4 members (excludes halogenated alkanes) is 10. The summed E-state index contributed by atoms with van der Waals surface area (Å²) in [5, 5.41) is 48.6. The molecule has 0 saturated carbocycles. The van der Waals surface area contributed by atoms with Crippen molar-refractivity contribution >= 4 is 53.0 Å². The fourth-order valence-corrected chi connectivity index (χ4v) is 8.14. The van der Waals surface area contributed by atoms with E-state index >= 15 is 0 Å². The van der Waals surface area contributed by atoms with Crippen molar-refractivity contribution in [3.8, 4) is 5.75 Å². The molecule has 10 N–H and O–H groups in total. The van der Waals surface area contributed by atoms with E-state index < -0.39 is 102 Å². The summed E-state index contributed by atoms with van der Waals surface area (Å²) < 4.78 is 0. The van der Waals surface area contributed by atoms with Crippen LogP contribution in [0.1, 0.15) is 150 Å². The lowest BCUT2D eigenvalue weighted by atomic mass is 10.0. The fraction of sp³-hybridized carbons (Fsp3) is 0.700. The van der Waals surface area contributed by atoms with Gasteiger partial charge in [-0.2, -0.15) is 0 Å². The van der Waals surface area contributed by atoms with Gasteiger partial charge in [0.2, 0.25) is 47.1 Å². The van der Waals surface area contributed by atoms with Crippen molar-refractivity contribution in [2.45, 2.75) is 206 Å². The highest BCUT2D eigenvalue weighted by atomic mass is 16.3. The number of benzene rings is 1. The predicted octanol–water partition coefficient (Wildman–Crippen LogP) is 1.70. The first kappa shape index (κ1) is 60.5. The molecule has 1 heterocycles. The quantitative estimate of drug-likeness (QED) is 0.0365. The van der Waals surface area contributed by atoms with Gasteiger partial charge in [-0.25, -0.2) is 0 Å². The van der Waals surface area contributed by atoms with E-state index in [9.17, 15) is 58.5 Å². The van der Waals surface area contributed by atoms with Crippen LogP contribution in [-0.2, 0) is 49.6 Å². The number of hydrogen-bond donors (Lipinski definition) is 10.